The van der Waals surface area contributed by atoms with Crippen molar-refractivity contribution >= 4 is 48.1 Å². The van der Waals surface area contributed by atoms with E-state index in [-0.39, 0.29) is 22.2 Å². The summed E-state index contributed by atoms with van der Waals surface area (Å²) in [5.41, 5.74) is 4.07. The fraction of sp³-hybridized carbons (Fsp3) is 0.571. The lowest BCUT2D eigenvalue weighted by molar-refractivity contribution is -0.126. The summed E-state index contributed by atoms with van der Waals surface area (Å²) in [6, 6.07) is 10.7. The zero-order chi connectivity index (χ0) is 35.1. The second-order valence-corrected chi connectivity index (χ2v) is 17.1. The average molecular weight is 716 g/mol. The summed E-state index contributed by atoms with van der Waals surface area (Å²) in [6.45, 7) is 10.7. The number of thiophene rings is 1. The quantitative estimate of drug-likeness (QED) is 0.196. The van der Waals surface area contributed by atoms with Crippen LogP contribution in [0.25, 0.3) is 21.1 Å². The Hall–Kier alpha value is -3.25. The van der Waals surface area contributed by atoms with Gasteiger partial charge in [-0.25, -0.2) is 18.4 Å². The number of benzene rings is 1. The molecule has 2 saturated heterocycles. The lowest BCUT2D eigenvalue weighted by atomic mass is 10.0. The smallest absolute Gasteiger partial charge is 0.367 e. The van der Waals surface area contributed by atoms with Crippen LogP contribution < -0.4 is 5.32 Å². The maximum Gasteiger partial charge on any atom is 0.393 e. The molecule has 0 aliphatic carbocycles. The first-order chi connectivity index (χ1) is 23.2. The molecule has 5 heterocycles. The highest BCUT2D eigenvalue weighted by Crippen LogP contribution is 2.34. The number of hydrogen-bond donors (Lipinski definition) is 1. The van der Waals surface area contributed by atoms with Gasteiger partial charge in [-0.3, -0.25) is 9.80 Å². The number of alkyl halides is 3. The number of nitrogens with zero attached hydrogens (tertiary/aromatic N) is 6. The van der Waals surface area contributed by atoms with E-state index in [0.717, 1.165) is 74.2 Å². The van der Waals surface area contributed by atoms with Gasteiger partial charge in [0.2, 0.25) is 0 Å². The Morgan fingerprint density at radius 3 is 2.41 bits per heavy atom. The van der Waals surface area contributed by atoms with Crippen molar-refractivity contribution in [3.8, 4) is 6.07 Å². The molecule has 2 aliphatic rings. The van der Waals surface area contributed by atoms with E-state index in [1.165, 1.54) is 17.4 Å². The van der Waals surface area contributed by atoms with Crippen molar-refractivity contribution in [3.63, 3.8) is 0 Å². The zero-order valence-electron chi connectivity index (χ0n) is 28.5. The first-order valence-electron chi connectivity index (χ1n) is 17.0. The Balaban J connectivity index is 1.11. The monoisotopic (exact) mass is 715 g/mol. The van der Waals surface area contributed by atoms with Crippen LogP contribution in [-0.2, 0) is 29.3 Å². The Morgan fingerprint density at radius 1 is 1.06 bits per heavy atom. The van der Waals surface area contributed by atoms with Crippen molar-refractivity contribution in [1.82, 2.24) is 24.3 Å². The number of piperidine rings is 2. The highest BCUT2D eigenvalue weighted by atomic mass is 32.2. The number of rotatable bonds is 10. The summed E-state index contributed by atoms with van der Waals surface area (Å²) in [5, 5.41) is 15.1. The van der Waals surface area contributed by atoms with Crippen molar-refractivity contribution in [2.75, 3.05) is 37.8 Å². The van der Waals surface area contributed by atoms with E-state index in [2.05, 4.69) is 61.7 Å². The number of aryl methyl sites for hydroxylation is 2. The summed E-state index contributed by atoms with van der Waals surface area (Å²) in [7, 11) is -3.03. The fourth-order valence-corrected chi connectivity index (χ4v) is 9.68. The maximum absolute atomic E-state index is 13.0. The Kier molecular flexibility index (Phi) is 10.3. The summed E-state index contributed by atoms with van der Waals surface area (Å²) < 4.78 is 65.4. The molecular weight excluding hydrogens is 672 g/mol. The minimum absolute atomic E-state index is 0.152. The van der Waals surface area contributed by atoms with Crippen LogP contribution >= 0.6 is 11.3 Å². The molecule has 0 saturated carbocycles. The Morgan fingerprint density at radius 2 is 1.78 bits per heavy atom. The molecule has 9 nitrogen and oxygen atoms in total. The number of anilines is 1. The fourth-order valence-electron chi connectivity index (χ4n) is 7.51. The van der Waals surface area contributed by atoms with Crippen LogP contribution in [0, 0.1) is 25.2 Å². The summed E-state index contributed by atoms with van der Waals surface area (Å²) in [5.74, 6) is 1.14. The van der Waals surface area contributed by atoms with Crippen molar-refractivity contribution in [3.05, 3.63) is 51.8 Å². The van der Waals surface area contributed by atoms with Gasteiger partial charge in [-0.15, -0.1) is 11.3 Å². The Labute approximate surface area is 290 Å². The van der Waals surface area contributed by atoms with Gasteiger partial charge in [0.25, 0.3) is 0 Å². The molecule has 6 rings (SSSR count). The standard InChI is InChI=1S/C35H44F3N7O2S2/c1-5-26(44-14-10-29(11-15-44)49(4,46)47)21-45-27(19-39)16-30-22(2)24(6-7-32(30)45)20-43-12-8-25(9-13-43)42-33-31-17-28(18-35(36,37)38)48-34(31)41-23(3)40-33/h6-7,16-17,25-26,29H,5,8-15,18,20-21H2,1-4H3,(H,40,41,42)/t26-/m0/s1. The van der Waals surface area contributed by atoms with Crippen molar-refractivity contribution in [2.24, 2.45) is 0 Å². The van der Waals surface area contributed by atoms with Gasteiger partial charge in [0, 0.05) is 60.3 Å². The molecule has 0 unspecified atom stereocenters. The zero-order valence-corrected chi connectivity index (χ0v) is 30.1. The van der Waals surface area contributed by atoms with Crippen LogP contribution in [0.15, 0.2) is 24.3 Å². The third-order valence-electron chi connectivity index (χ3n) is 10.3. The van der Waals surface area contributed by atoms with Crippen LogP contribution in [-0.4, -0.2) is 88.7 Å². The molecule has 4 aromatic rings. The van der Waals surface area contributed by atoms with E-state index in [9.17, 15) is 26.9 Å². The van der Waals surface area contributed by atoms with Crippen LogP contribution in [0.2, 0.25) is 0 Å². The van der Waals surface area contributed by atoms with E-state index in [1.54, 1.807) is 13.0 Å². The van der Waals surface area contributed by atoms with E-state index >= 15 is 0 Å². The second kappa shape index (κ2) is 14.2. The number of nitriles is 1. The van der Waals surface area contributed by atoms with Gasteiger partial charge in [-0.2, -0.15) is 18.4 Å². The summed E-state index contributed by atoms with van der Waals surface area (Å²) >= 11 is 1.07. The SMILES string of the molecule is CC[C@@H](Cn1c(C#N)cc2c(C)c(CN3CCC(Nc4nc(C)nc5sc(CC(F)(F)F)cc45)CC3)ccc21)N1CCC(S(C)(=O)=O)CC1. The third-order valence-corrected chi connectivity index (χ3v) is 13.0. The summed E-state index contributed by atoms with van der Waals surface area (Å²) in [4.78, 5) is 14.6. The minimum Gasteiger partial charge on any atom is -0.367 e. The van der Waals surface area contributed by atoms with Gasteiger partial charge in [0.15, 0.2) is 0 Å². The first kappa shape index (κ1) is 35.6. The van der Waals surface area contributed by atoms with Crippen LogP contribution in [0.3, 0.4) is 0 Å². The predicted octanol–water partition coefficient (Wildman–Crippen LogP) is 6.60. The normalized spacial score (nSPS) is 18.3. The molecule has 264 valence electrons. The molecule has 1 N–H and O–H groups in total. The molecule has 1 atom stereocenters. The minimum atomic E-state index is -4.27. The van der Waals surface area contributed by atoms with Crippen molar-refractivity contribution < 1.29 is 21.6 Å². The number of nitrogens with one attached hydrogen (secondary N) is 1. The third kappa shape index (κ3) is 8.06. The molecule has 2 aliphatic heterocycles. The lowest BCUT2D eigenvalue weighted by Gasteiger charge is -2.37. The number of halogens is 3. The molecule has 0 radical (unpaired) electrons. The highest BCUT2D eigenvalue weighted by molar-refractivity contribution is 7.91. The van der Waals surface area contributed by atoms with E-state index in [4.69, 9.17) is 0 Å². The summed E-state index contributed by atoms with van der Waals surface area (Å²) in [6.07, 6.45) is 0.0476. The van der Waals surface area contributed by atoms with E-state index in [1.807, 2.05) is 6.07 Å². The van der Waals surface area contributed by atoms with Gasteiger partial charge >= 0.3 is 6.18 Å². The highest BCUT2D eigenvalue weighted by Gasteiger charge is 2.31. The second-order valence-electron chi connectivity index (χ2n) is 13.7. The van der Waals surface area contributed by atoms with Crippen molar-refractivity contribution in [2.45, 2.75) is 95.9 Å². The molecule has 0 spiro atoms. The maximum atomic E-state index is 13.0. The lowest BCUT2D eigenvalue weighted by Crippen LogP contribution is -2.46. The molecule has 3 aromatic heterocycles. The first-order valence-corrected chi connectivity index (χ1v) is 19.8. The molecule has 14 heteroatoms. The van der Waals surface area contributed by atoms with Crippen molar-refractivity contribution in [1.29, 1.82) is 5.26 Å². The van der Waals surface area contributed by atoms with Gasteiger partial charge in [0.1, 0.15) is 38.1 Å². The topological polar surface area (TPSA) is 107 Å². The molecular formula is C35H44F3N7O2S2. The number of hydrogen-bond acceptors (Lipinski definition) is 9. The Bertz CT molecular complexity index is 1970. The van der Waals surface area contributed by atoms with Gasteiger partial charge in [-0.05, 0) is 88.4 Å². The number of fused-ring (bicyclic) bond motifs is 2. The largest absolute Gasteiger partial charge is 0.393 e. The molecule has 1 aromatic carbocycles. The van der Waals surface area contributed by atoms with Gasteiger partial charge in [0.05, 0.1) is 17.1 Å². The predicted molar refractivity (Wildman–Crippen MR) is 189 cm³/mol. The van der Waals surface area contributed by atoms with Crippen LogP contribution in [0.1, 0.15) is 66.6 Å². The number of likely N-dealkylation sites (tertiary alicyclic amines) is 2. The molecule has 49 heavy (non-hydrogen) atoms. The van der Waals surface area contributed by atoms with E-state index < -0.39 is 22.4 Å². The van der Waals surface area contributed by atoms with Gasteiger partial charge < -0.3 is 9.88 Å². The average Bonchev–Trinajstić information content (AvgIpc) is 3.61. The van der Waals surface area contributed by atoms with Crippen LogP contribution in [0.5, 0.6) is 0 Å². The molecule has 2 fully saturated rings. The van der Waals surface area contributed by atoms with Gasteiger partial charge in [-0.1, -0.05) is 13.0 Å². The number of aromatic nitrogens is 3. The van der Waals surface area contributed by atoms with Crippen LogP contribution in [0.4, 0.5) is 19.0 Å². The van der Waals surface area contributed by atoms with E-state index in [0.29, 0.717) is 46.9 Å². The molecule has 0 amide bonds. The number of sulfone groups is 1. The molecule has 0 bridgehead atoms.